The topological polar surface area (TPSA) is 42.2 Å². The van der Waals surface area contributed by atoms with E-state index in [4.69, 9.17) is 0 Å². The first-order valence-corrected chi connectivity index (χ1v) is 6.34. The van der Waals surface area contributed by atoms with Gasteiger partial charge in [0.15, 0.2) is 0 Å². The summed E-state index contributed by atoms with van der Waals surface area (Å²) in [6.07, 6.45) is 0. The lowest BCUT2D eigenvalue weighted by Crippen LogP contribution is -2.04. The molecular formula is C16H19NO2. The molecule has 100 valence electrons. The molecule has 0 radical (unpaired) electrons. The molecule has 0 saturated heterocycles. The second-order valence-electron chi connectivity index (χ2n) is 5.03. The Morgan fingerprint density at radius 1 is 1.00 bits per heavy atom. The van der Waals surface area contributed by atoms with E-state index in [1.807, 2.05) is 37.5 Å². The Morgan fingerprint density at radius 3 is 2.16 bits per heavy atom. The van der Waals surface area contributed by atoms with E-state index in [1.165, 1.54) is 11.1 Å². The highest BCUT2D eigenvalue weighted by Crippen LogP contribution is 2.28. The lowest BCUT2D eigenvalue weighted by molar-refractivity contribution is 0.0695. The maximum atomic E-state index is 11.4. The third-order valence-electron chi connectivity index (χ3n) is 3.98. The number of rotatable bonds is 2. The van der Waals surface area contributed by atoms with Crippen LogP contribution in [0.2, 0.25) is 0 Å². The second-order valence-corrected chi connectivity index (χ2v) is 5.03. The predicted molar refractivity (Wildman–Crippen MR) is 76.4 cm³/mol. The summed E-state index contributed by atoms with van der Waals surface area (Å²) in [5.74, 6) is -0.859. The molecule has 1 aromatic carbocycles. The lowest BCUT2D eigenvalue weighted by atomic mass is 10.1. The van der Waals surface area contributed by atoms with Crippen LogP contribution in [-0.2, 0) is 0 Å². The van der Waals surface area contributed by atoms with Crippen LogP contribution in [-0.4, -0.2) is 15.6 Å². The van der Waals surface area contributed by atoms with Crippen molar-refractivity contribution in [3.05, 3.63) is 51.8 Å². The van der Waals surface area contributed by atoms with Gasteiger partial charge in [-0.15, -0.1) is 0 Å². The summed E-state index contributed by atoms with van der Waals surface area (Å²) in [4.78, 5) is 11.4. The minimum absolute atomic E-state index is 0.415. The van der Waals surface area contributed by atoms with Gasteiger partial charge in [0.05, 0.1) is 5.56 Å². The zero-order valence-electron chi connectivity index (χ0n) is 12.0. The number of carboxylic acid groups (broad SMARTS) is 1. The van der Waals surface area contributed by atoms with Crippen LogP contribution in [0.4, 0.5) is 0 Å². The van der Waals surface area contributed by atoms with Crippen LogP contribution >= 0.6 is 0 Å². The number of hydrogen-bond acceptors (Lipinski definition) is 1. The summed E-state index contributed by atoms with van der Waals surface area (Å²) in [6.45, 7) is 9.84. The van der Waals surface area contributed by atoms with E-state index in [-0.39, 0.29) is 0 Å². The summed E-state index contributed by atoms with van der Waals surface area (Å²) in [5.41, 5.74) is 6.48. The smallest absolute Gasteiger partial charge is 0.337 e. The molecule has 2 aromatic rings. The molecule has 1 N–H and O–H groups in total. The predicted octanol–water partition coefficient (Wildman–Crippen LogP) is 3.72. The number of carboxylic acids is 1. The average molecular weight is 257 g/mol. The highest BCUT2D eigenvalue weighted by atomic mass is 16.4. The van der Waals surface area contributed by atoms with E-state index in [1.54, 1.807) is 0 Å². The molecule has 19 heavy (non-hydrogen) atoms. The van der Waals surface area contributed by atoms with Crippen molar-refractivity contribution in [1.29, 1.82) is 0 Å². The summed E-state index contributed by atoms with van der Waals surface area (Å²) in [6, 6.07) is 6.11. The van der Waals surface area contributed by atoms with Crippen molar-refractivity contribution in [1.82, 2.24) is 4.57 Å². The Hall–Kier alpha value is -2.03. The molecule has 0 aliphatic rings. The fraction of sp³-hybridized carbons (Fsp3) is 0.312. The molecule has 0 bridgehead atoms. The molecular weight excluding hydrogens is 238 g/mol. The number of aryl methyl sites for hydroxylation is 1. The van der Waals surface area contributed by atoms with Gasteiger partial charge in [-0.1, -0.05) is 12.1 Å². The van der Waals surface area contributed by atoms with Gasteiger partial charge in [0, 0.05) is 17.1 Å². The maximum absolute atomic E-state index is 11.4. The third kappa shape index (κ3) is 1.95. The molecule has 0 spiro atoms. The number of aromatic carboxylic acids is 1. The zero-order valence-corrected chi connectivity index (χ0v) is 12.0. The summed E-state index contributed by atoms with van der Waals surface area (Å²) < 4.78 is 2.04. The first-order valence-electron chi connectivity index (χ1n) is 6.34. The van der Waals surface area contributed by atoms with Crippen molar-refractivity contribution >= 4 is 5.97 Å². The SMILES string of the molecule is Cc1cccc(-n2c(C)c(C)c(C(=O)O)c2C)c1C. The van der Waals surface area contributed by atoms with E-state index in [2.05, 4.69) is 19.9 Å². The van der Waals surface area contributed by atoms with Crippen molar-refractivity contribution in [2.24, 2.45) is 0 Å². The normalized spacial score (nSPS) is 10.8. The van der Waals surface area contributed by atoms with Crippen molar-refractivity contribution < 1.29 is 9.90 Å². The van der Waals surface area contributed by atoms with Crippen LogP contribution in [0.1, 0.15) is 38.4 Å². The molecule has 0 saturated carbocycles. The largest absolute Gasteiger partial charge is 0.478 e. The van der Waals surface area contributed by atoms with Crippen molar-refractivity contribution in [2.45, 2.75) is 34.6 Å². The van der Waals surface area contributed by atoms with Crippen LogP contribution in [0.3, 0.4) is 0 Å². The summed E-state index contributed by atoms with van der Waals surface area (Å²) >= 11 is 0. The molecule has 3 heteroatoms. The summed E-state index contributed by atoms with van der Waals surface area (Å²) in [7, 11) is 0. The van der Waals surface area contributed by atoms with E-state index in [0.29, 0.717) is 5.56 Å². The molecule has 0 atom stereocenters. The minimum atomic E-state index is -0.859. The molecule has 2 rings (SSSR count). The Labute approximate surface area is 113 Å². The third-order valence-corrected chi connectivity index (χ3v) is 3.98. The van der Waals surface area contributed by atoms with Crippen LogP contribution in [0, 0.1) is 34.6 Å². The highest BCUT2D eigenvalue weighted by molar-refractivity contribution is 5.91. The van der Waals surface area contributed by atoms with Gasteiger partial charge in [-0.25, -0.2) is 4.79 Å². The highest BCUT2D eigenvalue weighted by Gasteiger charge is 2.21. The lowest BCUT2D eigenvalue weighted by Gasteiger charge is -2.14. The molecule has 3 nitrogen and oxygen atoms in total. The van der Waals surface area contributed by atoms with Crippen LogP contribution in [0.25, 0.3) is 5.69 Å². The van der Waals surface area contributed by atoms with Gasteiger partial charge in [-0.2, -0.15) is 0 Å². The van der Waals surface area contributed by atoms with E-state index in [9.17, 15) is 9.90 Å². The molecule has 1 aromatic heterocycles. The Bertz CT molecular complexity index is 666. The molecule has 0 unspecified atom stereocenters. The molecule has 0 aliphatic heterocycles. The van der Waals surface area contributed by atoms with Crippen molar-refractivity contribution in [3.63, 3.8) is 0 Å². The van der Waals surface area contributed by atoms with Gasteiger partial charge in [0.25, 0.3) is 0 Å². The standard InChI is InChI=1S/C16H19NO2/c1-9-7-6-8-14(10(9)2)17-12(4)11(3)15(13(17)5)16(18)19/h6-8H,1-5H3,(H,18,19). The number of aromatic nitrogens is 1. The summed E-state index contributed by atoms with van der Waals surface area (Å²) in [5, 5.41) is 9.34. The van der Waals surface area contributed by atoms with Gasteiger partial charge in [0.2, 0.25) is 0 Å². The number of nitrogens with zero attached hydrogens (tertiary/aromatic N) is 1. The fourth-order valence-electron chi connectivity index (χ4n) is 2.64. The van der Waals surface area contributed by atoms with Crippen LogP contribution in [0.15, 0.2) is 18.2 Å². The Kier molecular flexibility index (Phi) is 3.23. The van der Waals surface area contributed by atoms with E-state index in [0.717, 1.165) is 22.6 Å². The maximum Gasteiger partial charge on any atom is 0.337 e. The Balaban J connectivity index is 2.81. The zero-order chi connectivity index (χ0) is 14.3. The fourth-order valence-corrected chi connectivity index (χ4v) is 2.64. The van der Waals surface area contributed by atoms with Crippen molar-refractivity contribution in [2.75, 3.05) is 0 Å². The molecule has 0 amide bonds. The first-order chi connectivity index (χ1) is 8.86. The molecule has 0 aliphatic carbocycles. The van der Waals surface area contributed by atoms with Gasteiger partial charge in [-0.05, 0) is 57.4 Å². The van der Waals surface area contributed by atoms with Crippen LogP contribution < -0.4 is 0 Å². The Morgan fingerprint density at radius 2 is 1.63 bits per heavy atom. The second kappa shape index (κ2) is 4.57. The average Bonchev–Trinajstić information content (AvgIpc) is 2.55. The van der Waals surface area contributed by atoms with Gasteiger partial charge in [0.1, 0.15) is 0 Å². The number of carbonyl (C=O) groups is 1. The van der Waals surface area contributed by atoms with Gasteiger partial charge < -0.3 is 9.67 Å². The van der Waals surface area contributed by atoms with Crippen molar-refractivity contribution in [3.8, 4) is 5.69 Å². The van der Waals surface area contributed by atoms with Crippen LogP contribution in [0.5, 0.6) is 0 Å². The van der Waals surface area contributed by atoms with Gasteiger partial charge >= 0.3 is 5.97 Å². The number of benzene rings is 1. The molecule has 0 fully saturated rings. The quantitative estimate of drug-likeness (QED) is 0.891. The van der Waals surface area contributed by atoms with E-state index >= 15 is 0 Å². The molecule has 1 heterocycles. The van der Waals surface area contributed by atoms with Gasteiger partial charge in [-0.3, -0.25) is 0 Å². The minimum Gasteiger partial charge on any atom is -0.478 e. The number of hydrogen-bond donors (Lipinski definition) is 1. The first kappa shape index (κ1) is 13.4. The monoisotopic (exact) mass is 257 g/mol. The van der Waals surface area contributed by atoms with E-state index < -0.39 is 5.97 Å².